The predicted molar refractivity (Wildman–Crippen MR) is 77.8 cm³/mol. The number of ether oxygens (including phenoxy) is 1. The van der Waals surface area contributed by atoms with E-state index in [1.807, 2.05) is 0 Å². The minimum Gasteiger partial charge on any atom is -0.465 e. The molecule has 1 aromatic heterocycles. The van der Waals surface area contributed by atoms with Crippen LogP contribution in [-0.4, -0.2) is 26.5 Å². The molecule has 0 saturated carbocycles. The van der Waals surface area contributed by atoms with Gasteiger partial charge in [-0.05, 0) is 18.2 Å². The van der Waals surface area contributed by atoms with E-state index in [1.54, 1.807) is 6.07 Å². The summed E-state index contributed by atoms with van der Waals surface area (Å²) in [5.74, 6) is -0.683. The maximum Gasteiger partial charge on any atom is 0.339 e. The van der Waals surface area contributed by atoms with Crippen molar-refractivity contribution in [2.24, 2.45) is 0 Å². The smallest absolute Gasteiger partial charge is 0.339 e. The van der Waals surface area contributed by atoms with Crippen LogP contribution in [0, 0.1) is 0 Å². The van der Waals surface area contributed by atoms with E-state index in [1.165, 1.54) is 43.6 Å². The van der Waals surface area contributed by atoms with Crippen molar-refractivity contribution >= 4 is 33.4 Å². The number of rotatable bonds is 4. The molecule has 8 heteroatoms. The molecular weight excluding hydrogens is 316 g/mol. The third-order valence-electron chi connectivity index (χ3n) is 2.54. The lowest BCUT2D eigenvalue weighted by molar-refractivity contribution is 0.0596. The van der Waals surface area contributed by atoms with Crippen LogP contribution in [0.1, 0.15) is 10.4 Å². The highest BCUT2D eigenvalue weighted by Gasteiger charge is 2.23. The Kier molecular flexibility index (Phi) is 4.44. The minimum atomic E-state index is -3.99. The molecule has 21 heavy (non-hydrogen) atoms. The van der Waals surface area contributed by atoms with Crippen molar-refractivity contribution in [2.45, 2.75) is 4.90 Å². The zero-order valence-electron chi connectivity index (χ0n) is 10.9. The number of halogens is 1. The van der Waals surface area contributed by atoms with Crippen LogP contribution < -0.4 is 4.72 Å². The van der Waals surface area contributed by atoms with Gasteiger partial charge in [0.25, 0.3) is 10.0 Å². The summed E-state index contributed by atoms with van der Waals surface area (Å²) in [5.41, 5.74) is -0.0606. The first-order chi connectivity index (χ1) is 9.94. The molecule has 1 N–H and O–H groups in total. The Morgan fingerprint density at radius 1 is 1.29 bits per heavy atom. The topological polar surface area (TPSA) is 85.4 Å². The number of methoxy groups -OCH3 is 1. The molecular formula is C13H11ClN2O4S. The number of anilines is 1. The summed E-state index contributed by atoms with van der Waals surface area (Å²) in [4.78, 5) is 15.3. The molecule has 0 amide bonds. The second-order valence-electron chi connectivity index (χ2n) is 3.95. The van der Waals surface area contributed by atoms with Crippen molar-refractivity contribution in [3.05, 3.63) is 53.2 Å². The van der Waals surface area contributed by atoms with Gasteiger partial charge in [0.05, 0.1) is 12.7 Å². The van der Waals surface area contributed by atoms with Gasteiger partial charge in [0.1, 0.15) is 10.7 Å². The first-order valence-corrected chi connectivity index (χ1v) is 7.62. The molecule has 1 heterocycles. The fourth-order valence-corrected chi connectivity index (χ4v) is 2.99. The van der Waals surface area contributed by atoms with Gasteiger partial charge in [-0.25, -0.2) is 18.2 Å². The van der Waals surface area contributed by atoms with Gasteiger partial charge >= 0.3 is 5.97 Å². The molecule has 0 saturated heterocycles. The number of carbonyl (C=O) groups is 1. The third kappa shape index (κ3) is 3.50. The summed E-state index contributed by atoms with van der Waals surface area (Å²) in [6, 6.07) is 8.60. The first-order valence-electron chi connectivity index (χ1n) is 5.76. The summed E-state index contributed by atoms with van der Waals surface area (Å²) in [6.07, 6.45) is 1.37. The van der Waals surface area contributed by atoms with Crippen LogP contribution in [-0.2, 0) is 14.8 Å². The number of hydrogen-bond donors (Lipinski definition) is 1. The van der Waals surface area contributed by atoms with Gasteiger partial charge in [-0.3, -0.25) is 4.72 Å². The summed E-state index contributed by atoms with van der Waals surface area (Å²) in [5, 5.41) is 0.337. The van der Waals surface area contributed by atoms with Crippen LogP contribution in [0.25, 0.3) is 0 Å². The van der Waals surface area contributed by atoms with Crippen LogP contribution in [0.4, 0.5) is 5.82 Å². The van der Waals surface area contributed by atoms with Crippen LogP contribution in [0.3, 0.4) is 0 Å². The van der Waals surface area contributed by atoms with E-state index in [9.17, 15) is 13.2 Å². The van der Waals surface area contributed by atoms with E-state index in [4.69, 9.17) is 11.6 Å². The van der Waals surface area contributed by atoms with Crippen molar-refractivity contribution < 1.29 is 17.9 Å². The standard InChI is InChI=1S/C13H11ClN2O4S/c1-20-13(17)10-4-2-3-5-11(10)21(18,19)16-12-8-9(14)6-7-15-12/h2-8H,1H3,(H,15,16). The van der Waals surface area contributed by atoms with Crippen LogP contribution in [0.15, 0.2) is 47.5 Å². The number of nitrogens with zero attached hydrogens (tertiary/aromatic N) is 1. The Balaban J connectivity index is 2.43. The average molecular weight is 327 g/mol. The maximum absolute atomic E-state index is 12.4. The minimum absolute atomic E-state index is 0.0576. The number of carbonyl (C=O) groups excluding carboxylic acids is 1. The Morgan fingerprint density at radius 2 is 2.00 bits per heavy atom. The molecule has 2 rings (SSSR count). The third-order valence-corrected chi connectivity index (χ3v) is 4.19. The Labute approximate surface area is 126 Å². The molecule has 0 aliphatic heterocycles. The molecule has 110 valence electrons. The van der Waals surface area contributed by atoms with Gasteiger partial charge in [0.15, 0.2) is 0 Å². The zero-order chi connectivity index (χ0) is 15.5. The zero-order valence-corrected chi connectivity index (χ0v) is 12.5. The quantitative estimate of drug-likeness (QED) is 0.871. The number of pyridine rings is 1. The van der Waals surface area contributed by atoms with Gasteiger partial charge < -0.3 is 4.74 Å². The molecule has 0 unspecified atom stereocenters. The molecule has 0 aliphatic carbocycles. The van der Waals surface area contributed by atoms with Crippen LogP contribution in [0.2, 0.25) is 5.02 Å². The molecule has 0 aliphatic rings. The SMILES string of the molecule is COC(=O)c1ccccc1S(=O)(=O)Nc1cc(Cl)ccn1. The molecule has 6 nitrogen and oxygen atoms in total. The lowest BCUT2D eigenvalue weighted by Gasteiger charge is -2.10. The summed E-state index contributed by atoms with van der Waals surface area (Å²) < 4.78 is 31.5. The number of benzene rings is 1. The Bertz CT molecular complexity index is 777. The number of nitrogens with one attached hydrogen (secondary N) is 1. The van der Waals surface area contributed by atoms with E-state index >= 15 is 0 Å². The second kappa shape index (κ2) is 6.11. The van der Waals surface area contributed by atoms with Crippen LogP contribution >= 0.6 is 11.6 Å². The molecule has 1 aromatic carbocycles. The average Bonchev–Trinajstić information content (AvgIpc) is 2.46. The van der Waals surface area contributed by atoms with Crippen LogP contribution in [0.5, 0.6) is 0 Å². The van der Waals surface area contributed by atoms with Crippen molar-refractivity contribution in [2.75, 3.05) is 11.8 Å². The normalized spacial score (nSPS) is 11.0. The second-order valence-corrected chi connectivity index (χ2v) is 6.04. The molecule has 0 spiro atoms. The van der Waals surface area contributed by atoms with E-state index < -0.39 is 16.0 Å². The molecule has 0 fully saturated rings. The number of esters is 1. The predicted octanol–water partition coefficient (Wildman–Crippen LogP) is 2.32. The fourth-order valence-electron chi connectivity index (χ4n) is 1.63. The Hall–Kier alpha value is -2.12. The van der Waals surface area contributed by atoms with Gasteiger partial charge in [-0.1, -0.05) is 23.7 Å². The van der Waals surface area contributed by atoms with E-state index in [0.29, 0.717) is 5.02 Å². The maximum atomic E-state index is 12.4. The van der Waals surface area contributed by atoms with Gasteiger partial charge in [0, 0.05) is 17.3 Å². The Morgan fingerprint density at radius 3 is 2.67 bits per heavy atom. The van der Waals surface area contributed by atoms with Crippen molar-refractivity contribution in [3.8, 4) is 0 Å². The van der Waals surface area contributed by atoms with E-state index in [2.05, 4.69) is 14.4 Å². The number of aromatic nitrogens is 1. The highest BCUT2D eigenvalue weighted by Crippen LogP contribution is 2.20. The van der Waals surface area contributed by atoms with E-state index in [0.717, 1.165) is 0 Å². The lowest BCUT2D eigenvalue weighted by Crippen LogP contribution is -2.18. The summed E-state index contributed by atoms with van der Waals surface area (Å²) >= 11 is 5.77. The summed E-state index contributed by atoms with van der Waals surface area (Å²) in [6.45, 7) is 0. The number of hydrogen-bond acceptors (Lipinski definition) is 5. The van der Waals surface area contributed by atoms with Gasteiger partial charge in [-0.15, -0.1) is 0 Å². The number of sulfonamides is 1. The first kappa shape index (κ1) is 15.3. The van der Waals surface area contributed by atoms with Crippen molar-refractivity contribution in [1.29, 1.82) is 0 Å². The van der Waals surface area contributed by atoms with Crippen molar-refractivity contribution in [1.82, 2.24) is 4.98 Å². The monoisotopic (exact) mass is 326 g/mol. The highest BCUT2D eigenvalue weighted by atomic mass is 35.5. The largest absolute Gasteiger partial charge is 0.465 e. The molecule has 0 atom stereocenters. The van der Waals surface area contributed by atoms with Gasteiger partial charge in [0.2, 0.25) is 0 Å². The van der Waals surface area contributed by atoms with Crippen molar-refractivity contribution in [3.63, 3.8) is 0 Å². The van der Waals surface area contributed by atoms with E-state index in [-0.39, 0.29) is 16.3 Å². The molecule has 0 radical (unpaired) electrons. The summed E-state index contributed by atoms with van der Waals surface area (Å²) in [7, 11) is -2.81. The molecule has 0 bridgehead atoms. The highest BCUT2D eigenvalue weighted by molar-refractivity contribution is 7.92. The fraction of sp³-hybridized carbons (Fsp3) is 0.0769. The lowest BCUT2D eigenvalue weighted by atomic mass is 10.2. The van der Waals surface area contributed by atoms with Gasteiger partial charge in [-0.2, -0.15) is 0 Å². The molecule has 2 aromatic rings.